The monoisotopic (exact) mass is 363 g/mol. The number of hydrogen-bond donors (Lipinski definition) is 1. The number of aliphatic hydroxyl groups is 1. The molecule has 26 heavy (non-hydrogen) atoms. The molecule has 4 fully saturated rings. The van der Waals surface area contributed by atoms with E-state index in [1.54, 1.807) is 14.2 Å². The first-order valence-electron chi connectivity index (χ1n) is 10.8. The molecule has 1 amide bonds. The number of hydroxylamine groups is 2. The second-order valence-electron chi connectivity index (χ2n) is 10.4. The average molecular weight is 364 g/mol. The van der Waals surface area contributed by atoms with Crippen molar-refractivity contribution in [2.24, 2.45) is 40.9 Å². The van der Waals surface area contributed by atoms with Gasteiger partial charge in [0, 0.05) is 13.0 Å². The van der Waals surface area contributed by atoms with Crippen LogP contribution in [-0.4, -0.2) is 35.8 Å². The third-order valence-corrected chi connectivity index (χ3v) is 9.12. The zero-order valence-corrected chi connectivity index (χ0v) is 17.0. The van der Waals surface area contributed by atoms with Gasteiger partial charge < -0.3 is 5.11 Å². The average Bonchev–Trinajstić information content (AvgIpc) is 2.96. The molecule has 4 aliphatic carbocycles. The molecule has 4 saturated carbocycles. The molecule has 2 unspecified atom stereocenters. The number of hydrogen-bond acceptors (Lipinski definition) is 3. The molecule has 0 aromatic heterocycles. The van der Waals surface area contributed by atoms with E-state index in [1.165, 1.54) is 43.6 Å². The van der Waals surface area contributed by atoms with Gasteiger partial charge in [-0.15, -0.1) is 0 Å². The van der Waals surface area contributed by atoms with Gasteiger partial charge in [-0.3, -0.25) is 9.63 Å². The Morgan fingerprint density at radius 1 is 1.00 bits per heavy atom. The van der Waals surface area contributed by atoms with Gasteiger partial charge >= 0.3 is 0 Å². The van der Waals surface area contributed by atoms with Crippen molar-refractivity contribution in [2.75, 3.05) is 14.2 Å². The molecule has 0 heterocycles. The first kappa shape index (κ1) is 18.7. The van der Waals surface area contributed by atoms with E-state index in [9.17, 15) is 9.90 Å². The molecule has 148 valence electrons. The highest BCUT2D eigenvalue weighted by molar-refractivity contribution is 5.79. The zero-order chi connectivity index (χ0) is 18.7. The Bertz CT molecular complexity index is 562. The van der Waals surface area contributed by atoms with Crippen LogP contribution in [0.3, 0.4) is 0 Å². The Labute approximate surface area is 158 Å². The van der Waals surface area contributed by atoms with Crippen LogP contribution in [0.15, 0.2) is 0 Å². The molecular formula is C22H37NO3. The number of amides is 1. The standard InChI is InChI=1S/C22H37NO3/c1-21(25)11-9-15-14(13-21)5-6-17-16(15)10-12-22(2)18(17)7-8-19(22)20(24)23(3)26-4/h14-19,25H,5-13H2,1-4H3/t14-,15?,16+,17?,18-,19+,21+,22-/m0/s1. The maximum absolute atomic E-state index is 12.9. The van der Waals surface area contributed by atoms with Gasteiger partial charge in [-0.25, -0.2) is 5.06 Å². The summed E-state index contributed by atoms with van der Waals surface area (Å²) in [6, 6.07) is 0. The number of fused-ring (bicyclic) bond motifs is 5. The third kappa shape index (κ3) is 2.83. The second-order valence-corrected chi connectivity index (χ2v) is 10.4. The van der Waals surface area contributed by atoms with Gasteiger partial charge in [-0.2, -0.15) is 0 Å². The third-order valence-electron chi connectivity index (χ3n) is 9.12. The summed E-state index contributed by atoms with van der Waals surface area (Å²) in [5.74, 6) is 4.17. The summed E-state index contributed by atoms with van der Waals surface area (Å²) in [5.41, 5.74) is -0.287. The summed E-state index contributed by atoms with van der Waals surface area (Å²) in [7, 11) is 3.34. The van der Waals surface area contributed by atoms with Crippen LogP contribution in [0.1, 0.15) is 71.6 Å². The predicted octanol–water partition coefficient (Wildman–Crippen LogP) is 4.03. The van der Waals surface area contributed by atoms with Crippen LogP contribution in [0.25, 0.3) is 0 Å². The van der Waals surface area contributed by atoms with Gasteiger partial charge in [-0.1, -0.05) is 6.92 Å². The van der Waals surface area contributed by atoms with E-state index < -0.39 is 5.60 Å². The Morgan fingerprint density at radius 2 is 1.73 bits per heavy atom. The highest BCUT2D eigenvalue weighted by Crippen LogP contribution is 2.64. The predicted molar refractivity (Wildman–Crippen MR) is 101 cm³/mol. The molecule has 8 atom stereocenters. The van der Waals surface area contributed by atoms with Crippen molar-refractivity contribution in [2.45, 2.75) is 77.2 Å². The zero-order valence-electron chi connectivity index (χ0n) is 17.0. The lowest BCUT2D eigenvalue weighted by Crippen LogP contribution is -2.51. The summed E-state index contributed by atoms with van der Waals surface area (Å²) in [4.78, 5) is 18.1. The van der Waals surface area contributed by atoms with Gasteiger partial charge in [-0.05, 0) is 99.7 Å². The Kier molecular flexibility index (Phi) is 4.67. The summed E-state index contributed by atoms with van der Waals surface area (Å²) in [6.07, 6.45) is 10.5. The molecular weight excluding hydrogens is 326 g/mol. The molecule has 0 spiro atoms. The summed E-state index contributed by atoms with van der Waals surface area (Å²) < 4.78 is 0. The van der Waals surface area contributed by atoms with Crippen molar-refractivity contribution in [1.29, 1.82) is 0 Å². The number of carbonyl (C=O) groups is 1. The normalized spacial score (nSPS) is 50.5. The van der Waals surface area contributed by atoms with Gasteiger partial charge in [0.15, 0.2) is 0 Å². The topological polar surface area (TPSA) is 49.8 Å². The number of rotatable bonds is 2. The fourth-order valence-electron chi connectivity index (χ4n) is 7.80. The van der Waals surface area contributed by atoms with Crippen molar-refractivity contribution in [3.05, 3.63) is 0 Å². The molecule has 4 nitrogen and oxygen atoms in total. The van der Waals surface area contributed by atoms with Crippen LogP contribution in [-0.2, 0) is 9.63 Å². The van der Waals surface area contributed by atoms with Crippen LogP contribution in [0.5, 0.6) is 0 Å². The lowest BCUT2D eigenvalue weighted by molar-refractivity contribution is -0.180. The van der Waals surface area contributed by atoms with Gasteiger partial charge in [0.2, 0.25) is 5.91 Å². The van der Waals surface area contributed by atoms with E-state index in [1.807, 2.05) is 6.92 Å². The highest BCUT2D eigenvalue weighted by Gasteiger charge is 2.59. The van der Waals surface area contributed by atoms with E-state index in [-0.39, 0.29) is 17.2 Å². The fraction of sp³-hybridized carbons (Fsp3) is 0.955. The Morgan fingerprint density at radius 3 is 2.46 bits per heavy atom. The van der Waals surface area contributed by atoms with Crippen molar-refractivity contribution in [1.82, 2.24) is 5.06 Å². The Hall–Kier alpha value is -0.610. The molecule has 1 N–H and O–H groups in total. The van der Waals surface area contributed by atoms with Gasteiger partial charge in [0.05, 0.1) is 12.7 Å². The van der Waals surface area contributed by atoms with E-state index in [4.69, 9.17) is 4.84 Å². The molecule has 0 aliphatic heterocycles. The number of nitrogens with zero attached hydrogens (tertiary/aromatic N) is 1. The quantitative estimate of drug-likeness (QED) is 0.754. The minimum atomic E-state index is -0.438. The van der Waals surface area contributed by atoms with Gasteiger partial charge in [0.25, 0.3) is 0 Å². The summed E-state index contributed by atoms with van der Waals surface area (Å²) in [6.45, 7) is 4.43. The maximum Gasteiger partial charge on any atom is 0.249 e. The fourth-order valence-corrected chi connectivity index (χ4v) is 7.80. The van der Waals surface area contributed by atoms with Crippen LogP contribution in [0.2, 0.25) is 0 Å². The van der Waals surface area contributed by atoms with Crippen molar-refractivity contribution in [3.63, 3.8) is 0 Å². The van der Waals surface area contributed by atoms with E-state index in [0.29, 0.717) is 5.92 Å². The van der Waals surface area contributed by atoms with E-state index >= 15 is 0 Å². The minimum absolute atomic E-state index is 0.128. The molecule has 0 bridgehead atoms. The lowest BCUT2D eigenvalue weighted by atomic mass is 9.49. The first-order valence-corrected chi connectivity index (χ1v) is 10.8. The molecule has 0 aromatic rings. The summed E-state index contributed by atoms with van der Waals surface area (Å²) in [5, 5.41) is 12.0. The minimum Gasteiger partial charge on any atom is -0.390 e. The SMILES string of the molecule is CON(C)C(=O)[C@H]1CC[C@H]2C3CC[C@H]4C[C@](C)(O)CCC4[C@H]3CC[C@]12C. The molecule has 4 heteroatoms. The molecule has 4 aliphatic rings. The maximum atomic E-state index is 12.9. The molecule has 4 rings (SSSR count). The largest absolute Gasteiger partial charge is 0.390 e. The summed E-state index contributed by atoms with van der Waals surface area (Å²) >= 11 is 0. The van der Waals surface area contributed by atoms with Crippen LogP contribution in [0, 0.1) is 40.9 Å². The smallest absolute Gasteiger partial charge is 0.249 e. The van der Waals surface area contributed by atoms with Crippen molar-refractivity contribution in [3.8, 4) is 0 Å². The van der Waals surface area contributed by atoms with Crippen molar-refractivity contribution < 1.29 is 14.7 Å². The molecule has 0 saturated heterocycles. The van der Waals surface area contributed by atoms with Gasteiger partial charge in [0.1, 0.15) is 0 Å². The molecule has 0 radical (unpaired) electrons. The highest BCUT2D eigenvalue weighted by atomic mass is 16.7. The van der Waals surface area contributed by atoms with Crippen LogP contribution >= 0.6 is 0 Å². The lowest BCUT2D eigenvalue weighted by Gasteiger charge is -2.56. The first-order chi connectivity index (χ1) is 12.3. The Balaban J connectivity index is 1.52. The van der Waals surface area contributed by atoms with E-state index in [2.05, 4.69) is 6.92 Å². The second kappa shape index (κ2) is 6.48. The van der Waals surface area contributed by atoms with Crippen LogP contribution in [0.4, 0.5) is 0 Å². The van der Waals surface area contributed by atoms with Crippen LogP contribution < -0.4 is 0 Å². The molecule has 0 aromatic carbocycles. The number of carbonyl (C=O) groups excluding carboxylic acids is 1. The van der Waals surface area contributed by atoms with Crippen molar-refractivity contribution >= 4 is 5.91 Å². The van der Waals surface area contributed by atoms with E-state index in [0.717, 1.165) is 42.9 Å².